The molecule has 0 atom stereocenters. The fourth-order valence-corrected chi connectivity index (χ4v) is 2.16. The van der Waals surface area contributed by atoms with Crippen molar-refractivity contribution >= 4 is 12.0 Å². The minimum absolute atomic E-state index is 0.142. The number of aromatic nitrogens is 2. The quantitative estimate of drug-likeness (QED) is 0.678. The molecule has 0 unspecified atom stereocenters. The van der Waals surface area contributed by atoms with Gasteiger partial charge in [-0.1, -0.05) is 11.2 Å². The Labute approximate surface area is 123 Å². The molecule has 5 nitrogen and oxygen atoms in total. The average molecular weight is 285 g/mol. The van der Waals surface area contributed by atoms with Gasteiger partial charge in [-0.05, 0) is 38.5 Å². The Morgan fingerprint density at radius 3 is 2.81 bits per heavy atom. The van der Waals surface area contributed by atoms with Crippen molar-refractivity contribution in [2.75, 3.05) is 6.54 Å². The molecule has 2 aromatic heterocycles. The van der Waals surface area contributed by atoms with Gasteiger partial charge in [0.25, 0.3) is 0 Å². The van der Waals surface area contributed by atoms with Gasteiger partial charge in [0.05, 0.1) is 0 Å². The highest BCUT2D eigenvalue weighted by molar-refractivity contribution is 5.92. The van der Waals surface area contributed by atoms with E-state index in [2.05, 4.69) is 17.1 Å². The summed E-state index contributed by atoms with van der Waals surface area (Å²) in [6.45, 7) is 9.85. The minimum Gasteiger partial charge on any atom is -0.360 e. The van der Waals surface area contributed by atoms with Crippen LogP contribution in [0.1, 0.15) is 22.7 Å². The first-order valence-corrected chi connectivity index (χ1v) is 6.72. The maximum atomic E-state index is 11.6. The summed E-state index contributed by atoms with van der Waals surface area (Å²) >= 11 is 0. The number of nitrogens with zero attached hydrogens (tertiary/aromatic N) is 2. The van der Waals surface area contributed by atoms with Crippen molar-refractivity contribution in [1.29, 1.82) is 0 Å². The van der Waals surface area contributed by atoms with E-state index < -0.39 is 0 Å². The standard InChI is InChI=1S/C16H19N3O2/c1-5-8-17-16(20)7-6-14-9-11(2)19(13(14)4)15-10-12(3)21-18-15/h5-7,9-10H,1,8H2,2-4H3,(H,17,20)/b7-6+. The van der Waals surface area contributed by atoms with Crippen molar-refractivity contribution < 1.29 is 9.32 Å². The van der Waals surface area contributed by atoms with Crippen LogP contribution in [-0.4, -0.2) is 22.2 Å². The number of carbonyl (C=O) groups is 1. The van der Waals surface area contributed by atoms with Crippen molar-refractivity contribution in [3.63, 3.8) is 0 Å². The van der Waals surface area contributed by atoms with Crippen LogP contribution in [0.3, 0.4) is 0 Å². The molecular weight excluding hydrogens is 266 g/mol. The third kappa shape index (κ3) is 3.31. The third-order valence-corrected chi connectivity index (χ3v) is 3.15. The molecule has 1 N–H and O–H groups in total. The third-order valence-electron chi connectivity index (χ3n) is 3.15. The molecule has 0 aliphatic heterocycles. The summed E-state index contributed by atoms with van der Waals surface area (Å²) in [5.74, 6) is 1.37. The van der Waals surface area contributed by atoms with Gasteiger partial charge in [0.2, 0.25) is 5.91 Å². The van der Waals surface area contributed by atoms with Gasteiger partial charge in [-0.15, -0.1) is 6.58 Å². The summed E-state index contributed by atoms with van der Waals surface area (Å²) in [4.78, 5) is 11.6. The van der Waals surface area contributed by atoms with E-state index in [1.165, 1.54) is 6.08 Å². The molecule has 5 heteroatoms. The van der Waals surface area contributed by atoms with Gasteiger partial charge in [-0.2, -0.15) is 0 Å². The van der Waals surface area contributed by atoms with Crippen LogP contribution in [0.25, 0.3) is 11.9 Å². The van der Waals surface area contributed by atoms with E-state index in [-0.39, 0.29) is 5.91 Å². The lowest BCUT2D eigenvalue weighted by molar-refractivity contribution is -0.116. The molecule has 0 fully saturated rings. The number of hydrogen-bond donors (Lipinski definition) is 1. The molecule has 2 rings (SSSR count). The highest BCUT2D eigenvalue weighted by atomic mass is 16.5. The highest BCUT2D eigenvalue weighted by Gasteiger charge is 2.12. The molecule has 0 saturated heterocycles. The first-order valence-electron chi connectivity index (χ1n) is 6.72. The molecule has 0 bridgehead atoms. The molecule has 0 aliphatic rings. The second kappa shape index (κ2) is 6.26. The summed E-state index contributed by atoms with van der Waals surface area (Å²) in [6, 6.07) is 3.89. The first kappa shape index (κ1) is 14.8. The molecule has 2 heterocycles. The maximum absolute atomic E-state index is 11.6. The molecule has 21 heavy (non-hydrogen) atoms. The Kier molecular flexibility index (Phi) is 4.42. The minimum atomic E-state index is -0.142. The smallest absolute Gasteiger partial charge is 0.244 e. The Bertz CT molecular complexity index is 692. The van der Waals surface area contributed by atoms with Gasteiger partial charge in [0, 0.05) is 30.1 Å². The van der Waals surface area contributed by atoms with E-state index in [1.807, 2.05) is 37.5 Å². The predicted octanol–water partition coefficient (Wildman–Crippen LogP) is 2.71. The summed E-state index contributed by atoms with van der Waals surface area (Å²) in [6.07, 6.45) is 4.96. The molecule has 1 amide bonds. The highest BCUT2D eigenvalue weighted by Crippen LogP contribution is 2.21. The zero-order valence-electron chi connectivity index (χ0n) is 12.5. The van der Waals surface area contributed by atoms with Gasteiger partial charge in [0.1, 0.15) is 5.76 Å². The van der Waals surface area contributed by atoms with E-state index in [9.17, 15) is 4.79 Å². The van der Waals surface area contributed by atoms with Crippen LogP contribution in [0.2, 0.25) is 0 Å². The summed E-state index contributed by atoms with van der Waals surface area (Å²) < 4.78 is 7.12. The number of amides is 1. The normalized spacial score (nSPS) is 11.0. The molecule has 0 aliphatic carbocycles. The zero-order chi connectivity index (χ0) is 15.4. The van der Waals surface area contributed by atoms with Crippen molar-refractivity contribution in [2.24, 2.45) is 0 Å². The largest absolute Gasteiger partial charge is 0.360 e. The average Bonchev–Trinajstić information content (AvgIpc) is 2.98. The van der Waals surface area contributed by atoms with Crippen LogP contribution in [0.4, 0.5) is 0 Å². The summed E-state index contributed by atoms with van der Waals surface area (Å²) in [5, 5.41) is 6.73. The van der Waals surface area contributed by atoms with Crippen molar-refractivity contribution in [3.8, 4) is 5.82 Å². The van der Waals surface area contributed by atoms with Crippen molar-refractivity contribution in [1.82, 2.24) is 15.0 Å². The summed E-state index contributed by atoms with van der Waals surface area (Å²) in [7, 11) is 0. The molecule has 0 radical (unpaired) electrons. The number of carbonyl (C=O) groups excluding carboxylic acids is 1. The van der Waals surface area contributed by atoms with Crippen LogP contribution < -0.4 is 5.32 Å². The Balaban J connectivity index is 2.25. The molecular formula is C16H19N3O2. The van der Waals surface area contributed by atoms with Gasteiger partial charge < -0.3 is 9.84 Å². The van der Waals surface area contributed by atoms with E-state index in [1.54, 1.807) is 12.2 Å². The van der Waals surface area contributed by atoms with Crippen molar-refractivity contribution in [2.45, 2.75) is 20.8 Å². The molecule has 0 saturated carbocycles. The Hall–Kier alpha value is -2.56. The topological polar surface area (TPSA) is 60.1 Å². The number of aryl methyl sites for hydroxylation is 2. The lowest BCUT2D eigenvalue weighted by Crippen LogP contribution is -2.20. The molecule has 0 aromatic carbocycles. The zero-order valence-corrected chi connectivity index (χ0v) is 12.5. The first-order chi connectivity index (χ1) is 10.0. The maximum Gasteiger partial charge on any atom is 0.244 e. The SMILES string of the molecule is C=CCNC(=O)/C=C/c1cc(C)n(-c2cc(C)on2)c1C. The number of nitrogens with one attached hydrogen (secondary N) is 1. The van der Waals surface area contributed by atoms with Gasteiger partial charge in [0.15, 0.2) is 5.82 Å². The van der Waals surface area contributed by atoms with Gasteiger partial charge >= 0.3 is 0 Å². The fraction of sp³-hybridized carbons (Fsp3) is 0.250. The fourth-order valence-electron chi connectivity index (χ4n) is 2.16. The Morgan fingerprint density at radius 2 is 2.19 bits per heavy atom. The van der Waals surface area contributed by atoms with Crippen LogP contribution in [0.15, 0.2) is 35.4 Å². The van der Waals surface area contributed by atoms with Crippen LogP contribution in [-0.2, 0) is 4.79 Å². The second-order valence-electron chi connectivity index (χ2n) is 4.82. The van der Waals surface area contributed by atoms with Crippen LogP contribution in [0.5, 0.6) is 0 Å². The monoisotopic (exact) mass is 285 g/mol. The van der Waals surface area contributed by atoms with E-state index in [0.29, 0.717) is 6.54 Å². The Morgan fingerprint density at radius 1 is 1.43 bits per heavy atom. The number of hydrogen-bond acceptors (Lipinski definition) is 3. The lowest BCUT2D eigenvalue weighted by atomic mass is 10.2. The van der Waals surface area contributed by atoms with Gasteiger partial charge in [-0.25, -0.2) is 0 Å². The van der Waals surface area contributed by atoms with E-state index in [4.69, 9.17) is 4.52 Å². The van der Waals surface area contributed by atoms with E-state index >= 15 is 0 Å². The van der Waals surface area contributed by atoms with Gasteiger partial charge in [-0.3, -0.25) is 9.36 Å². The van der Waals surface area contributed by atoms with Crippen LogP contribution >= 0.6 is 0 Å². The van der Waals surface area contributed by atoms with Crippen LogP contribution in [0, 0.1) is 20.8 Å². The van der Waals surface area contributed by atoms with E-state index in [0.717, 1.165) is 28.5 Å². The molecule has 0 spiro atoms. The summed E-state index contributed by atoms with van der Waals surface area (Å²) in [5.41, 5.74) is 3.02. The molecule has 2 aromatic rings. The lowest BCUT2D eigenvalue weighted by Gasteiger charge is -2.03. The predicted molar refractivity (Wildman–Crippen MR) is 82.3 cm³/mol. The number of rotatable bonds is 5. The second-order valence-corrected chi connectivity index (χ2v) is 4.82. The van der Waals surface area contributed by atoms with Crippen molar-refractivity contribution in [3.05, 3.63) is 53.6 Å². The molecule has 110 valence electrons.